The molecule has 1 rings (SSSR count). The van der Waals surface area contributed by atoms with E-state index >= 15 is 0 Å². The van der Waals surface area contributed by atoms with Gasteiger partial charge in [0, 0.05) is 18.8 Å². The third kappa shape index (κ3) is 8.32. The van der Waals surface area contributed by atoms with Gasteiger partial charge in [-0.15, -0.1) is 0 Å². The Labute approximate surface area is 147 Å². The first kappa shape index (κ1) is 20.7. The van der Waals surface area contributed by atoms with Gasteiger partial charge in [-0.25, -0.2) is 14.6 Å². The van der Waals surface area contributed by atoms with E-state index in [0.29, 0.717) is 6.61 Å². The number of hydrogen-bond donors (Lipinski definition) is 1. The van der Waals surface area contributed by atoms with Crippen LogP contribution in [0.4, 0.5) is 4.79 Å². The zero-order valence-electron chi connectivity index (χ0n) is 15.2. The smallest absolute Gasteiger partial charge is 0.328 e. The predicted molar refractivity (Wildman–Crippen MR) is 90.8 cm³/mol. The van der Waals surface area contributed by atoms with E-state index < -0.39 is 24.0 Å². The van der Waals surface area contributed by atoms with Crippen molar-refractivity contribution in [1.82, 2.24) is 14.9 Å². The average molecular weight is 353 g/mol. The van der Waals surface area contributed by atoms with Gasteiger partial charge in [0.2, 0.25) is 0 Å². The van der Waals surface area contributed by atoms with E-state index in [4.69, 9.17) is 9.47 Å². The van der Waals surface area contributed by atoms with Gasteiger partial charge >= 0.3 is 18.0 Å². The molecule has 0 fully saturated rings. The van der Waals surface area contributed by atoms with Gasteiger partial charge in [-0.1, -0.05) is 27.7 Å². The Morgan fingerprint density at radius 1 is 1.08 bits per heavy atom. The van der Waals surface area contributed by atoms with E-state index in [-0.39, 0.29) is 31.3 Å². The standard InChI is InChI=1S/C17H27N3O5/c1-12(2)9-24-15(21)6-5-14(16(22)25-10-13(3)4)19-17(23)20-8-7-18-11-20/h7-8,11-14H,5-6,9-10H2,1-4H3,(H,19,23)/t14-/m0/s1. The van der Waals surface area contributed by atoms with Crippen molar-refractivity contribution in [3.05, 3.63) is 18.7 Å². The van der Waals surface area contributed by atoms with Gasteiger partial charge in [0.25, 0.3) is 0 Å². The summed E-state index contributed by atoms with van der Waals surface area (Å²) in [4.78, 5) is 39.9. The Balaban J connectivity index is 2.62. The van der Waals surface area contributed by atoms with Crippen LogP contribution in [0, 0.1) is 11.8 Å². The molecule has 0 aliphatic carbocycles. The molecular weight excluding hydrogens is 326 g/mol. The van der Waals surface area contributed by atoms with E-state index in [0.717, 1.165) is 0 Å². The van der Waals surface area contributed by atoms with Gasteiger partial charge in [-0.05, 0) is 18.3 Å². The summed E-state index contributed by atoms with van der Waals surface area (Å²) in [6.07, 6.45) is 4.35. The quantitative estimate of drug-likeness (QED) is 0.682. The lowest BCUT2D eigenvalue weighted by Gasteiger charge is -2.18. The summed E-state index contributed by atoms with van der Waals surface area (Å²) in [5, 5.41) is 2.56. The largest absolute Gasteiger partial charge is 0.465 e. The minimum absolute atomic E-state index is 0.0123. The highest BCUT2D eigenvalue weighted by Gasteiger charge is 2.24. The molecule has 1 aromatic rings. The first-order valence-corrected chi connectivity index (χ1v) is 8.40. The van der Waals surface area contributed by atoms with Crippen molar-refractivity contribution < 1.29 is 23.9 Å². The number of nitrogens with zero attached hydrogens (tertiary/aromatic N) is 2. The second-order valence-electron chi connectivity index (χ2n) is 6.61. The number of carbonyl (C=O) groups is 3. The van der Waals surface area contributed by atoms with Crippen LogP contribution in [0.1, 0.15) is 40.5 Å². The summed E-state index contributed by atoms with van der Waals surface area (Å²) in [5.41, 5.74) is 0. The van der Waals surface area contributed by atoms with Crippen molar-refractivity contribution in [3.8, 4) is 0 Å². The van der Waals surface area contributed by atoms with Crippen LogP contribution in [-0.2, 0) is 19.1 Å². The monoisotopic (exact) mass is 353 g/mol. The number of imidazole rings is 1. The third-order valence-corrected chi connectivity index (χ3v) is 3.09. The van der Waals surface area contributed by atoms with Crippen LogP contribution in [0.25, 0.3) is 0 Å². The van der Waals surface area contributed by atoms with Crippen LogP contribution in [0.3, 0.4) is 0 Å². The van der Waals surface area contributed by atoms with Crippen molar-refractivity contribution in [2.75, 3.05) is 13.2 Å². The first-order chi connectivity index (χ1) is 11.8. The highest BCUT2D eigenvalue weighted by molar-refractivity contribution is 5.85. The molecule has 1 heterocycles. The molecule has 1 amide bonds. The van der Waals surface area contributed by atoms with Gasteiger partial charge < -0.3 is 14.8 Å². The second kappa shape index (κ2) is 10.5. The van der Waals surface area contributed by atoms with E-state index in [9.17, 15) is 14.4 Å². The molecule has 0 aliphatic rings. The van der Waals surface area contributed by atoms with Gasteiger partial charge in [-0.3, -0.25) is 9.36 Å². The number of hydrogen-bond acceptors (Lipinski definition) is 6. The van der Waals surface area contributed by atoms with Crippen LogP contribution < -0.4 is 5.32 Å². The lowest BCUT2D eigenvalue weighted by Crippen LogP contribution is -2.44. The Bertz CT molecular complexity index is 555. The number of ether oxygens (including phenoxy) is 2. The van der Waals surface area contributed by atoms with E-state index in [1.54, 1.807) is 0 Å². The van der Waals surface area contributed by atoms with Crippen molar-refractivity contribution in [3.63, 3.8) is 0 Å². The van der Waals surface area contributed by atoms with Gasteiger partial charge in [0.05, 0.1) is 13.2 Å². The van der Waals surface area contributed by atoms with Crippen molar-refractivity contribution >= 4 is 18.0 Å². The fourth-order valence-electron chi connectivity index (χ4n) is 1.80. The SMILES string of the molecule is CC(C)COC(=O)CC[C@H](NC(=O)n1ccnc1)C(=O)OCC(C)C. The normalized spacial score (nSPS) is 12.1. The zero-order chi connectivity index (χ0) is 18.8. The maximum atomic E-state index is 12.2. The number of esters is 2. The molecule has 0 unspecified atom stereocenters. The Hall–Kier alpha value is -2.38. The fraction of sp³-hybridized carbons (Fsp3) is 0.647. The Kier molecular flexibility index (Phi) is 8.66. The van der Waals surface area contributed by atoms with Crippen LogP contribution in [0.2, 0.25) is 0 Å². The fourth-order valence-corrected chi connectivity index (χ4v) is 1.80. The van der Waals surface area contributed by atoms with Crippen molar-refractivity contribution in [1.29, 1.82) is 0 Å². The predicted octanol–water partition coefficient (Wildman–Crippen LogP) is 1.99. The zero-order valence-corrected chi connectivity index (χ0v) is 15.2. The highest BCUT2D eigenvalue weighted by Crippen LogP contribution is 2.06. The summed E-state index contributed by atoms with van der Waals surface area (Å²) in [6.45, 7) is 8.26. The number of carbonyl (C=O) groups excluding carboxylic acids is 3. The molecule has 8 nitrogen and oxygen atoms in total. The maximum Gasteiger partial charge on any atom is 0.328 e. The number of nitrogens with one attached hydrogen (secondary N) is 1. The molecule has 1 aromatic heterocycles. The van der Waals surface area contributed by atoms with Crippen molar-refractivity contribution in [2.24, 2.45) is 11.8 Å². The average Bonchev–Trinajstić information content (AvgIpc) is 3.08. The van der Waals surface area contributed by atoms with Crippen LogP contribution in [-0.4, -0.2) is 46.8 Å². The molecule has 8 heteroatoms. The van der Waals surface area contributed by atoms with E-state index in [1.165, 1.54) is 23.3 Å². The van der Waals surface area contributed by atoms with Gasteiger partial charge in [-0.2, -0.15) is 0 Å². The van der Waals surface area contributed by atoms with Crippen LogP contribution >= 0.6 is 0 Å². The second-order valence-corrected chi connectivity index (χ2v) is 6.61. The van der Waals surface area contributed by atoms with Crippen LogP contribution in [0.5, 0.6) is 0 Å². The number of aromatic nitrogens is 2. The Morgan fingerprint density at radius 2 is 1.72 bits per heavy atom. The van der Waals surface area contributed by atoms with Crippen LogP contribution in [0.15, 0.2) is 18.7 Å². The van der Waals surface area contributed by atoms with Gasteiger partial charge in [0.15, 0.2) is 0 Å². The summed E-state index contributed by atoms with van der Waals surface area (Å²) in [7, 11) is 0. The lowest BCUT2D eigenvalue weighted by molar-refractivity contribution is -0.148. The number of amides is 1. The third-order valence-electron chi connectivity index (χ3n) is 3.09. The molecule has 1 N–H and O–H groups in total. The summed E-state index contributed by atoms with van der Waals surface area (Å²) >= 11 is 0. The molecule has 0 spiro atoms. The first-order valence-electron chi connectivity index (χ1n) is 8.40. The molecule has 25 heavy (non-hydrogen) atoms. The summed E-state index contributed by atoms with van der Waals surface area (Å²) < 4.78 is 11.5. The highest BCUT2D eigenvalue weighted by atomic mass is 16.5. The van der Waals surface area contributed by atoms with Crippen molar-refractivity contribution in [2.45, 2.75) is 46.6 Å². The maximum absolute atomic E-state index is 12.2. The molecular formula is C17H27N3O5. The molecule has 0 aliphatic heterocycles. The topological polar surface area (TPSA) is 99.5 Å². The molecule has 0 radical (unpaired) electrons. The molecule has 0 saturated carbocycles. The molecule has 0 saturated heterocycles. The lowest BCUT2D eigenvalue weighted by atomic mass is 10.1. The minimum Gasteiger partial charge on any atom is -0.465 e. The van der Waals surface area contributed by atoms with Gasteiger partial charge in [0.1, 0.15) is 12.4 Å². The summed E-state index contributed by atoms with van der Waals surface area (Å²) in [6, 6.07) is -1.44. The molecule has 0 bridgehead atoms. The van der Waals surface area contributed by atoms with E-state index in [2.05, 4.69) is 10.3 Å². The molecule has 140 valence electrons. The molecule has 0 aromatic carbocycles. The summed E-state index contributed by atoms with van der Waals surface area (Å²) in [5.74, 6) is -0.576. The minimum atomic E-state index is -0.930. The van der Waals surface area contributed by atoms with E-state index in [1.807, 2.05) is 27.7 Å². The Morgan fingerprint density at radius 3 is 2.28 bits per heavy atom. The number of rotatable bonds is 9. The molecule has 1 atom stereocenters.